The number of carbonyl (C=O) groups excluding carboxylic acids is 1. The van der Waals surface area contributed by atoms with E-state index in [1.165, 1.54) is 6.92 Å². The zero-order valence-electron chi connectivity index (χ0n) is 16.9. The molecule has 0 fully saturated rings. The molecule has 3 rings (SSSR count). The highest BCUT2D eigenvalue weighted by molar-refractivity contribution is 5.89. The summed E-state index contributed by atoms with van der Waals surface area (Å²) in [5.74, 6) is -0.758. The third kappa shape index (κ3) is 4.05. The molecule has 160 valence electrons. The Kier molecular flexibility index (Phi) is 5.64. The van der Waals surface area contributed by atoms with E-state index in [2.05, 4.69) is 18.9 Å². The third-order valence-electron chi connectivity index (χ3n) is 5.25. The van der Waals surface area contributed by atoms with Crippen LogP contribution in [0.5, 0.6) is 5.75 Å². The van der Waals surface area contributed by atoms with E-state index in [0.717, 1.165) is 11.1 Å². The Morgan fingerprint density at radius 2 is 1.67 bits per heavy atom. The van der Waals surface area contributed by atoms with E-state index in [1.54, 1.807) is 12.1 Å². The Labute approximate surface area is 172 Å². The molecule has 2 aromatic rings. The van der Waals surface area contributed by atoms with Crippen molar-refractivity contribution in [1.82, 2.24) is 5.01 Å². The van der Waals surface area contributed by atoms with E-state index in [1.807, 2.05) is 42.5 Å². The van der Waals surface area contributed by atoms with Gasteiger partial charge in [0.15, 0.2) is 6.61 Å². The fourth-order valence-corrected chi connectivity index (χ4v) is 3.40. The largest absolute Gasteiger partial charge is 0.484 e. The number of aliphatic hydroxyl groups is 1. The van der Waals surface area contributed by atoms with Crippen LogP contribution in [0.15, 0.2) is 59.7 Å². The van der Waals surface area contributed by atoms with Crippen molar-refractivity contribution in [3.63, 3.8) is 0 Å². The first-order valence-corrected chi connectivity index (χ1v) is 9.40. The van der Waals surface area contributed by atoms with Crippen molar-refractivity contribution in [3.8, 4) is 5.75 Å². The fourth-order valence-electron chi connectivity index (χ4n) is 3.40. The maximum atomic E-state index is 13.2. The molecular formula is C22H23F3N2O3. The number of amides is 1. The second-order valence-electron chi connectivity index (χ2n) is 7.84. The fraction of sp³-hybridized carbons (Fsp3) is 0.364. The number of hydrogen-bond donors (Lipinski definition) is 1. The van der Waals surface area contributed by atoms with Gasteiger partial charge in [-0.2, -0.15) is 23.3 Å². The summed E-state index contributed by atoms with van der Waals surface area (Å²) in [6.45, 7) is 4.79. The third-order valence-corrected chi connectivity index (χ3v) is 5.25. The lowest BCUT2D eigenvalue weighted by Crippen LogP contribution is -2.57. The molecule has 0 aromatic heterocycles. The van der Waals surface area contributed by atoms with E-state index in [0.29, 0.717) is 5.75 Å². The van der Waals surface area contributed by atoms with Crippen molar-refractivity contribution in [2.75, 3.05) is 6.61 Å². The number of carbonyl (C=O) groups is 1. The van der Waals surface area contributed by atoms with Crippen LogP contribution in [0.1, 0.15) is 38.3 Å². The number of halogens is 3. The van der Waals surface area contributed by atoms with Crippen LogP contribution in [0.3, 0.4) is 0 Å². The highest BCUT2D eigenvalue weighted by atomic mass is 19.4. The summed E-state index contributed by atoms with van der Waals surface area (Å²) in [5, 5.41) is 13.6. The summed E-state index contributed by atoms with van der Waals surface area (Å²) in [5.41, 5.74) is -1.46. The number of benzene rings is 2. The lowest BCUT2D eigenvalue weighted by Gasteiger charge is -2.32. The number of ether oxygens (including phenoxy) is 1. The van der Waals surface area contributed by atoms with Gasteiger partial charge in [0.2, 0.25) is 0 Å². The molecule has 1 aliphatic heterocycles. The lowest BCUT2D eigenvalue weighted by atomic mass is 9.78. The molecule has 5 nitrogen and oxygen atoms in total. The smallest absolute Gasteiger partial charge is 0.438 e. The van der Waals surface area contributed by atoms with Gasteiger partial charge in [-0.1, -0.05) is 56.3 Å². The van der Waals surface area contributed by atoms with Crippen molar-refractivity contribution < 1.29 is 27.8 Å². The summed E-state index contributed by atoms with van der Waals surface area (Å²) in [6.07, 6.45) is -5.82. The van der Waals surface area contributed by atoms with Crippen molar-refractivity contribution in [2.24, 2.45) is 5.10 Å². The molecule has 1 amide bonds. The summed E-state index contributed by atoms with van der Waals surface area (Å²) in [6, 6.07) is 16.9. The van der Waals surface area contributed by atoms with Gasteiger partial charge in [-0.15, -0.1) is 0 Å². The van der Waals surface area contributed by atoms with Gasteiger partial charge in [0, 0.05) is 17.5 Å². The molecule has 2 aromatic carbocycles. The number of hydrazone groups is 1. The van der Waals surface area contributed by atoms with E-state index >= 15 is 0 Å². The van der Waals surface area contributed by atoms with Gasteiger partial charge in [-0.25, -0.2) is 0 Å². The van der Waals surface area contributed by atoms with Crippen molar-refractivity contribution in [1.29, 1.82) is 0 Å². The van der Waals surface area contributed by atoms with E-state index in [4.69, 9.17) is 4.74 Å². The minimum absolute atomic E-state index is 0.00988. The summed E-state index contributed by atoms with van der Waals surface area (Å²) < 4.78 is 45.0. The molecule has 0 saturated heterocycles. The van der Waals surface area contributed by atoms with Gasteiger partial charge < -0.3 is 9.84 Å². The second-order valence-corrected chi connectivity index (χ2v) is 7.84. The number of alkyl halides is 3. The predicted octanol–water partition coefficient (Wildman–Crippen LogP) is 4.25. The zero-order chi connectivity index (χ0) is 22.2. The van der Waals surface area contributed by atoms with Gasteiger partial charge in [-0.05, 0) is 30.2 Å². The van der Waals surface area contributed by atoms with Gasteiger partial charge in [0.1, 0.15) is 5.75 Å². The summed E-state index contributed by atoms with van der Waals surface area (Å²) in [7, 11) is 0. The maximum absolute atomic E-state index is 13.2. The Hall–Kier alpha value is -2.87. The molecule has 0 bridgehead atoms. The lowest BCUT2D eigenvalue weighted by molar-refractivity contribution is -0.302. The molecule has 0 spiro atoms. The van der Waals surface area contributed by atoms with Gasteiger partial charge in [-0.3, -0.25) is 4.79 Å². The molecule has 1 aliphatic rings. The summed E-state index contributed by atoms with van der Waals surface area (Å²) >= 11 is 0. The molecule has 0 saturated carbocycles. The maximum Gasteiger partial charge on any atom is 0.438 e. The first kappa shape index (κ1) is 21.8. The first-order chi connectivity index (χ1) is 13.9. The Morgan fingerprint density at radius 1 is 1.10 bits per heavy atom. The molecule has 1 atom stereocenters. The van der Waals surface area contributed by atoms with Crippen LogP contribution in [0, 0.1) is 0 Å². The van der Waals surface area contributed by atoms with E-state index in [9.17, 15) is 23.1 Å². The van der Waals surface area contributed by atoms with E-state index < -0.39 is 30.8 Å². The van der Waals surface area contributed by atoms with Crippen LogP contribution in [-0.4, -0.2) is 40.2 Å². The number of rotatable bonds is 5. The minimum Gasteiger partial charge on any atom is -0.484 e. The molecule has 0 radical (unpaired) electrons. The Bertz CT molecular complexity index is 940. The van der Waals surface area contributed by atoms with Crippen molar-refractivity contribution in [2.45, 2.75) is 44.5 Å². The number of nitrogens with zero attached hydrogens (tertiary/aromatic N) is 2. The van der Waals surface area contributed by atoms with Crippen LogP contribution < -0.4 is 4.74 Å². The second kappa shape index (κ2) is 7.75. The van der Waals surface area contributed by atoms with Crippen molar-refractivity contribution in [3.05, 3.63) is 65.7 Å². The molecule has 0 aliphatic carbocycles. The molecular weight excluding hydrogens is 397 g/mol. The highest BCUT2D eigenvalue weighted by Gasteiger charge is 2.62. The van der Waals surface area contributed by atoms with Gasteiger partial charge in [0.25, 0.3) is 11.6 Å². The molecule has 1 N–H and O–H groups in total. The average molecular weight is 420 g/mol. The predicted molar refractivity (Wildman–Crippen MR) is 106 cm³/mol. The van der Waals surface area contributed by atoms with Crippen LogP contribution in [0.25, 0.3) is 0 Å². The van der Waals surface area contributed by atoms with Crippen LogP contribution in [0.4, 0.5) is 13.2 Å². The quantitative estimate of drug-likeness (QED) is 0.787. The Balaban J connectivity index is 1.69. The van der Waals surface area contributed by atoms with Crippen molar-refractivity contribution >= 4 is 11.6 Å². The number of hydrogen-bond acceptors (Lipinski definition) is 4. The van der Waals surface area contributed by atoms with Crippen LogP contribution in [0.2, 0.25) is 0 Å². The standard InChI is InChI=1S/C22H23F3N2O3/c1-15-13-21(29,22(23,24)25)27(26-15)19(28)14-30-18-11-9-17(10-12-18)20(2,3)16-7-5-4-6-8-16/h4-12,29H,13-14H2,1-3H3. The minimum atomic E-state index is -5.03. The molecule has 30 heavy (non-hydrogen) atoms. The van der Waals surface area contributed by atoms with E-state index in [-0.39, 0.29) is 16.1 Å². The molecule has 1 unspecified atom stereocenters. The topological polar surface area (TPSA) is 62.1 Å². The van der Waals surface area contributed by atoms with Crippen LogP contribution >= 0.6 is 0 Å². The monoisotopic (exact) mass is 420 g/mol. The molecule has 8 heteroatoms. The first-order valence-electron chi connectivity index (χ1n) is 9.40. The molecule has 1 heterocycles. The average Bonchev–Trinajstić information content (AvgIpc) is 3.02. The zero-order valence-corrected chi connectivity index (χ0v) is 16.9. The Morgan fingerprint density at radius 3 is 2.23 bits per heavy atom. The summed E-state index contributed by atoms with van der Waals surface area (Å²) in [4.78, 5) is 12.3. The normalized spacial score (nSPS) is 19.6. The van der Waals surface area contributed by atoms with Crippen LogP contribution in [-0.2, 0) is 10.2 Å². The highest BCUT2D eigenvalue weighted by Crippen LogP contribution is 2.40. The SMILES string of the molecule is CC1=NN(C(=O)COc2ccc(C(C)(C)c3ccccc3)cc2)C(O)(C(F)(F)F)C1. The van der Waals surface area contributed by atoms with Gasteiger partial charge in [0.05, 0.1) is 0 Å². The van der Waals surface area contributed by atoms with Gasteiger partial charge >= 0.3 is 6.18 Å².